The van der Waals surface area contributed by atoms with E-state index in [1.165, 1.54) is 0 Å². The van der Waals surface area contributed by atoms with Gasteiger partial charge in [-0.1, -0.05) is 18.2 Å². The number of ether oxygens (including phenoxy) is 2. The quantitative estimate of drug-likeness (QED) is 0.235. The summed E-state index contributed by atoms with van der Waals surface area (Å²) in [5.41, 5.74) is -0.708. The average Bonchev–Trinajstić information content (AvgIpc) is 3.06. The topological polar surface area (TPSA) is 129 Å². The molecule has 1 aliphatic rings. The molecule has 0 bridgehead atoms. The van der Waals surface area contributed by atoms with Gasteiger partial charge in [0.1, 0.15) is 6.29 Å². The van der Waals surface area contributed by atoms with Crippen LogP contribution in [0.3, 0.4) is 0 Å². The monoisotopic (exact) mass is 430 g/mol. The lowest BCUT2D eigenvalue weighted by Gasteiger charge is -2.39. The number of para-hydroxylation sites is 1. The standard InChI is InChI=1S/C22H26N2O7/c1-12(2)30-20(26)22(21(27)31-13(3)4)9-14(11-25)16(10-24(28)29)18-15-7-5-6-8-17(15)23-19(18)22/h5-8,11-14,16,23H,9-10H2,1-4H3/t14-,16-/m1/s1. The molecule has 166 valence electrons. The van der Waals surface area contributed by atoms with Crippen molar-refractivity contribution >= 4 is 29.1 Å². The summed E-state index contributed by atoms with van der Waals surface area (Å²) < 4.78 is 10.9. The zero-order valence-electron chi connectivity index (χ0n) is 17.9. The maximum Gasteiger partial charge on any atom is 0.329 e. The number of nitrogens with zero attached hydrogens (tertiary/aromatic N) is 1. The number of esters is 2. The van der Waals surface area contributed by atoms with E-state index in [-0.39, 0.29) is 12.1 Å². The van der Waals surface area contributed by atoms with E-state index >= 15 is 0 Å². The molecule has 31 heavy (non-hydrogen) atoms. The molecular formula is C22H26N2O7. The third-order valence-electron chi connectivity index (χ3n) is 5.51. The Hall–Kier alpha value is -3.23. The maximum atomic E-state index is 13.4. The molecule has 3 rings (SSSR count). The summed E-state index contributed by atoms with van der Waals surface area (Å²) in [5.74, 6) is -3.43. The number of aromatic amines is 1. The van der Waals surface area contributed by atoms with Crippen LogP contribution in [0.25, 0.3) is 10.9 Å². The fourth-order valence-electron chi connectivity index (χ4n) is 4.31. The number of carbonyl (C=O) groups is 3. The molecular weight excluding hydrogens is 404 g/mol. The number of nitro groups is 1. The van der Waals surface area contributed by atoms with Crippen LogP contribution < -0.4 is 0 Å². The van der Waals surface area contributed by atoms with Gasteiger partial charge in [-0.3, -0.25) is 19.7 Å². The van der Waals surface area contributed by atoms with Gasteiger partial charge in [-0.2, -0.15) is 0 Å². The van der Waals surface area contributed by atoms with Crippen molar-refractivity contribution in [3.8, 4) is 0 Å². The summed E-state index contributed by atoms with van der Waals surface area (Å²) in [4.78, 5) is 52.9. The van der Waals surface area contributed by atoms with Gasteiger partial charge in [0.2, 0.25) is 12.0 Å². The largest absolute Gasteiger partial charge is 0.462 e. The number of fused-ring (bicyclic) bond motifs is 3. The Morgan fingerprint density at radius 1 is 1.19 bits per heavy atom. The second-order valence-corrected chi connectivity index (χ2v) is 8.40. The van der Waals surface area contributed by atoms with Crippen LogP contribution in [0.2, 0.25) is 0 Å². The highest BCUT2D eigenvalue weighted by Gasteiger charge is 2.60. The summed E-state index contributed by atoms with van der Waals surface area (Å²) in [6, 6.07) is 7.02. The van der Waals surface area contributed by atoms with E-state index in [2.05, 4.69) is 4.98 Å². The molecule has 1 heterocycles. The molecule has 2 atom stereocenters. The van der Waals surface area contributed by atoms with Gasteiger partial charge >= 0.3 is 11.9 Å². The number of hydrogen-bond acceptors (Lipinski definition) is 7. The summed E-state index contributed by atoms with van der Waals surface area (Å²) in [5, 5.41) is 12.0. The van der Waals surface area contributed by atoms with Gasteiger partial charge in [-0.25, -0.2) is 0 Å². The van der Waals surface area contributed by atoms with Crippen molar-refractivity contribution in [1.82, 2.24) is 4.98 Å². The zero-order valence-corrected chi connectivity index (χ0v) is 17.9. The third kappa shape index (κ3) is 3.92. The van der Waals surface area contributed by atoms with Gasteiger partial charge in [-0.15, -0.1) is 0 Å². The van der Waals surface area contributed by atoms with Crippen molar-refractivity contribution in [2.45, 2.75) is 57.7 Å². The summed E-state index contributed by atoms with van der Waals surface area (Å²) in [7, 11) is 0. The number of aldehydes is 1. The predicted molar refractivity (Wildman–Crippen MR) is 111 cm³/mol. The Bertz CT molecular complexity index is 1000. The first-order valence-electron chi connectivity index (χ1n) is 10.2. The minimum atomic E-state index is -1.93. The highest BCUT2D eigenvalue weighted by atomic mass is 16.6. The Kier molecular flexibility index (Phi) is 6.15. The van der Waals surface area contributed by atoms with Crippen molar-refractivity contribution in [3.05, 3.63) is 45.6 Å². The number of hydrogen-bond donors (Lipinski definition) is 1. The minimum absolute atomic E-state index is 0.204. The molecule has 0 radical (unpaired) electrons. The minimum Gasteiger partial charge on any atom is -0.462 e. The van der Waals surface area contributed by atoms with E-state index in [0.29, 0.717) is 22.8 Å². The summed E-state index contributed by atoms with van der Waals surface area (Å²) in [6.45, 7) is 6.11. The molecule has 0 saturated carbocycles. The van der Waals surface area contributed by atoms with Crippen LogP contribution in [0.1, 0.15) is 51.3 Å². The first-order valence-corrected chi connectivity index (χ1v) is 10.2. The Labute approximate surface area is 179 Å². The van der Waals surface area contributed by atoms with E-state index < -0.39 is 52.9 Å². The number of carbonyl (C=O) groups excluding carboxylic acids is 3. The second kappa shape index (κ2) is 8.49. The normalized spacial score (nSPS) is 19.8. The van der Waals surface area contributed by atoms with E-state index in [9.17, 15) is 24.5 Å². The highest BCUT2D eigenvalue weighted by molar-refractivity contribution is 6.08. The fourth-order valence-corrected chi connectivity index (χ4v) is 4.31. The van der Waals surface area contributed by atoms with Crippen molar-refractivity contribution in [2.75, 3.05) is 6.54 Å². The van der Waals surface area contributed by atoms with Crippen molar-refractivity contribution in [2.24, 2.45) is 5.92 Å². The summed E-state index contributed by atoms with van der Waals surface area (Å²) >= 11 is 0. The molecule has 0 unspecified atom stereocenters. The van der Waals surface area contributed by atoms with Gasteiger partial charge < -0.3 is 19.3 Å². The lowest BCUT2D eigenvalue weighted by Crippen LogP contribution is -2.53. The smallest absolute Gasteiger partial charge is 0.329 e. The molecule has 1 aliphatic carbocycles. The van der Waals surface area contributed by atoms with Gasteiger partial charge in [0.15, 0.2) is 0 Å². The number of nitrogens with one attached hydrogen (secondary N) is 1. The van der Waals surface area contributed by atoms with Gasteiger partial charge in [0.05, 0.1) is 18.1 Å². The van der Waals surface area contributed by atoms with Crippen molar-refractivity contribution in [3.63, 3.8) is 0 Å². The summed E-state index contributed by atoms with van der Waals surface area (Å²) in [6.07, 6.45) is -0.726. The molecule has 1 aromatic heterocycles. The molecule has 0 aliphatic heterocycles. The Balaban J connectivity index is 2.35. The molecule has 0 saturated heterocycles. The molecule has 1 N–H and O–H groups in total. The van der Waals surface area contributed by atoms with Gasteiger partial charge in [-0.05, 0) is 45.7 Å². The van der Waals surface area contributed by atoms with Crippen LogP contribution in [0.4, 0.5) is 0 Å². The Morgan fingerprint density at radius 2 is 1.77 bits per heavy atom. The van der Waals surface area contributed by atoms with Crippen molar-refractivity contribution < 1.29 is 28.8 Å². The molecule has 0 fully saturated rings. The lowest BCUT2D eigenvalue weighted by molar-refractivity contribution is -0.484. The van der Waals surface area contributed by atoms with Crippen LogP contribution >= 0.6 is 0 Å². The SMILES string of the molecule is CC(C)OC(=O)C1(C(=O)OC(C)C)C[C@H](C=O)[C@@H](C[N+](=O)[O-])c2c1[nH]c1ccccc21. The zero-order chi connectivity index (χ0) is 22.9. The van der Waals surface area contributed by atoms with Crippen LogP contribution in [-0.4, -0.2) is 46.9 Å². The molecule has 9 nitrogen and oxygen atoms in total. The number of H-pyrrole nitrogens is 1. The molecule has 2 aromatic rings. The maximum absolute atomic E-state index is 13.4. The lowest BCUT2D eigenvalue weighted by atomic mass is 9.64. The first-order chi connectivity index (χ1) is 14.6. The van der Waals surface area contributed by atoms with Gasteiger partial charge in [0.25, 0.3) is 0 Å². The third-order valence-corrected chi connectivity index (χ3v) is 5.51. The fraction of sp³-hybridized carbons (Fsp3) is 0.500. The predicted octanol–water partition coefficient (Wildman–Crippen LogP) is 2.89. The number of rotatable bonds is 7. The van der Waals surface area contributed by atoms with E-state index in [0.717, 1.165) is 0 Å². The first kappa shape index (κ1) is 22.5. The van der Waals surface area contributed by atoms with E-state index in [1.54, 1.807) is 52.0 Å². The number of aromatic nitrogens is 1. The van der Waals surface area contributed by atoms with E-state index in [4.69, 9.17) is 9.47 Å². The average molecular weight is 430 g/mol. The molecule has 0 amide bonds. The van der Waals surface area contributed by atoms with E-state index in [1.807, 2.05) is 0 Å². The van der Waals surface area contributed by atoms with Gasteiger partial charge in [0, 0.05) is 27.4 Å². The Morgan fingerprint density at radius 3 is 2.29 bits per heavy atom. The molecule has 1 aromatic carbocycles. The van der Waals surface area contributed by atoms with Crippen LogP contribution in [0.15, 0.2) is 24.3 Å². The van der Waals surface area contributed by atoms with Crippen LogP contribution in [-0.2, 0) is 29.3 Å². The molecule has 0 spiro atoms. The number of benzene rings is 1. The highest BCUT2D eigenvalue weighted by Crippen LogP contribution is 2.50. The van der Waals surface area contributed by atoms with Crippen LogP contribution in [0, 0.1) is 16.0 Å². The van der Waals surface area contributed by atoms with Crippen molar-refractivity contribution in [1.29, 1.82) is 0 Å². The second-order valence-electron chi connectivity index (χ2n) is 8.40. The molecule has 9 heteroatoms. The van der Waals surface area contributed by atoms with Crippen LogP contribution in [0.5, 0.6) is 0 Å².